The van der Waals surface area contributed by atoms with Crippen molar-refractivity contribution in [3.8, 4) is 0 Å². The number of hydrogen-bond donors (Lipinski definition) is 0. The summed E-state index contributed by atoms with van der Waals surface area (Å²) in [6.45, 7) is 0.115. The molecule has 0 radical (unpaired) electrons. The third-order valence-corrected chi connectivity index (χ3v) is 3.81. The van der Waals surface area contributed by atoms with Crippen molar-refractivity contribution < 1.29 is 18.0 Å². The van der Waals surface area contributed by atoms with Crippen LogP contribution in [0, 0.1) is 5.92 Å². The van der Waals surface area contributed by atoms with E-state index in [1.807, 2.05) is 0 Å². The van der Waals surface area contributed by atoms with Gasteiger partial charge in [-0.3, -0.25) is 4.79 Å². The molecule has 0 N–H and O–H groups in total. The second-order valence-electron chi connectivity index (χ2n) is 4.97. The molecule has 20 heavy (non-hydrogen) atoms. The molecule has 1 amide bonds. The molecule has 1 aliphatic rings. The van der Waals surface area contributed by atoms with E-state index in [9.17, 15) is 18.0 Å². The summed E-state index contributed by atoms with van der Waals surface area (Å²) in [6.07, 6.45) is -3.77. The number of rotatable bonds is 2. The Hall–Kier alpha value is -1.23. The number of likely N-dealkylation sites (tertiary alicyclic amines) is 1. The third-order valence-electron chi connectivity index (χ3n) is 3.50. The van der Waals surface area contributed by atoms with Crippen LogP contribution in [0.2, 0.25) is 0 Å². The van der Waals surface area contributed by atoms with Crippen molar-refractivity contribution in [2.24, 2.45) is 5.92 Å². The molecule has 0 aliphatic carbocycles. The highest BCUT2D eigenvalue weighted by Gasteiger charge is 2.42. The number of amides is 1. The van der Waals surface area contributed by atoms with E-state index in [0.717, 1.165) is 5.56 Å². The number of piperidine rings is 1. The van der Waals surface area contributed by atoms with E-state index in [4.69, 9.17) is 11.6 Å². The van der Waals surface area contributed by atoms with Gasteiger partial charge in [-0.05, 0) is 30.5 Å². The Morgan fingerprint density at radius 2 is 2.15 bits per heavy atom. The van der Waals surface area contributed by atoms with Gasteiger partial charge in [0.05, 0.1) is 5.92 Å². The SMILES string of the molecule is O=C(c1cccc(CCl)c1)N1CCCC(C(F)(F)F)C1. The molecule has 1 heterocycles. The topological polar surface area (TPSA) is 20.3 Å². The van der Waals surface area contributed by atoms with Gasteiger partial charge in [-0.2, -0.15) is 13.2 Å². The normalized spacial score (nSPS) is 20.0. The summed E-state index contributed by atoms with van der Waals surface area (Å²) in [7, 11) is 0. The maximum atomic E-state index is 12.7. The summed E-state index contributed by atoms with van der Waals surface area (Å²) >= 11 is 5.70. The van der Waals surface area contributed by atoms with E-state index in [-0.39, 0.29) is 24.8 Å². The molecule has 110 valence electrons. The summed E-state index contributed by atoms with van der Waals surface area (Å²) in [5.74, 6) is -1.51. The maximum Gasteiger partial charge on any atom is 0.393 e. The van der Waals surface area contributed by atoms with Gasteiger partial charge in [-0.1, -0.05) is 12.1 Å². The van der Waals surface area contributed by atoms with Gasteiger partial charge in [0, 0.05) is 24.5 Å². The molecule has 0 aromatic heterocycles. The van der Waals surface area contributed by atoms with E-state index in [2.05, 4.69) is 0 Å². The van der Waals surface area contributed by atoms with Crippen molar-refractivity contribution in [2.75, 3.05) is 13.1 Å². The standard InChI is InChI=1S/C14H15ClF3NO/c15-8-10-3-1-4-11(7-10)13(20)19-6-2-5-12(9-19)14(16,17)18/h1,3-4,7,12H,2,5-6,8-9H2. The predicted molar refractivity (Wildman–Crippen MR) is 70.7 cm³/mol. The fraction of sp³-hybridized carbons (Fsp3) is 0.500. The van der Waals surface area contributed by atoms with Crippen LogP contribution >= 0.6 is 11.6 Å². The van der Waals surface area contributed by atoms with Crippen LogP contribution < -0.4 is 0 Å². The molecule has 1 aliphatic heterocycles. The summed E-state index contributed by atoms with van der Waals surface area (Å²) in [4.78, 5) is 13.5. The molecule has 1 atom stereocenters. The minimum Gasteiger partial charge on any atom is -0.338 e. The van der Waals surface area contributed by atoms with Crippen molar-refractivity contribution in [3.63, 3.8) is 0 Å². The summed E-state index contributed by atoms with van der Waals surface area (Å²) in [6, 6.07) is 6.71. The van der Waals surface area contributed by atoms with Crippen LogP contribution in [0.4, 0.5) is 13.2 Å². The van der Waals surface area contributed by atoms with Gasteiger partial charge in [-0.15, -0.1) is 11.6 Å². The first kappa shape index (κ1) is 15.2. The van der Waals surface area contributed by atoms with E-state index in [1.165, 1.54) is 4.90 Å². The Balaban J connectivity index is 2.12. The summed E-state index contributed by atoms with van der Waals surface area (Å²) < 4.78 is 38.2. The quantitative estimate of drug-likeness (QED) is 0.760. The lowest BCUT2D eigenvalue weighted by Gasteiger charge is -2.33. The first-order valence-corrected chi connectivity index (χ1v) is 6.96. The fourth-order valence-electron chi connectivity index (χ4n) is 2.40. The lowest BCUT2D eigenvalue weighted by molar-refractivity contribution is -0.184. The molecule has 2 rings (SSSR count). The minimum absolute atomic E-state index is 0.0923. The van der Waals surface area contributed by atoms with Gasteiger partial charge >= 0.3 is 6.18 Å². The van der Waals surface area contributed by atoms with Crippen LogP contribution in [-0.4, -0.2) is 30.1 Å². The zero-order valence-corrected chi connectivity index (χ0v) is 11.5. The molecule has 1 aromatic carbocycles. The van der Waals surface area contributed by atoms with Crippen LogP contribution in [0.15, 0.2) is 24.3 Å². The number of benzene rings is 1. The average molecular weight is 306 g/mol. The zero-order valence-electron chi connectivity index (χ0n) is 10.8. The van der Waals surface area contributed by atoms with Crippen molar-refractivity contribution in [2.45, 2.75) is 24.9 Å². The highest BCUT2D eigenvalue weighted by molar-refractivity contribution is 6.17. The van der Waals surface area contributed by atoms with Crippen LogP contribution in [0.5, 0.6) is 0 Å². The van der Waals surface area contributed by atoms with E-state index < -0.39 is 12.1 Å². The number of halogens is 4. The third kappa shape index (κ3) is 3.45. The number of hydrogen-bond acceptors (Lipinski definition) is 1. The van der Waals surface area contributed by atoms with Gasteiger partial charge < -0.3 is 4.90 Å². The molecule has 0 bridgehead atoms. The second kappa shape index (κ2) is 6.04. The lowest BCUT2D eigenvalue weighted by atomic mass is 9.96. The molecule has 1 saturated heterocycles. The lowest BCUT2D eigenvalue weighted by Crippen LogP contribution is -2.44. The molecular weight excluding hydrogens is 291 g/mol. The average Bonchev–Trinajstić information content (AvgIpc) is 2.46. The molecule has 1 aromatic rings. The summed E-state index contributed by atoms with van der Waals surface area (Å²) in [5, 5.41) is 0. The Labute approximate surface area is 120 Å². The first-order valence-electron chi connectivity index (χ1n) is 6.42. The van der Waals surface area contributed by atoms with Crippen LogP contribution in [-0.2, 0) is 5.88 Å². The largest absolute Gasteiger partial charge is 0.393 e. The molecule has 1 fully saturated rings. The Morgan fingerprint density at radius 3 is 2.80 bits per heavy atom. The smallest absolute Gasteiger partial charge is 0.338 e. The molecule has 0 saturated carbocycles. The molecule has 6 heteroatoms. The minimum atomic E-state index is -4.24. The number of alkyl halides is 4. The van der Waals surface area contributed by atoms with E-state index >= 15 is 0 Å². The Morgan fingerprint density at radius 1 is 1.40 bits per heavy atom. The molecule has 1 unspecified atom stereocenters. The van der Waals surface area contributed by atoms with Crippen LogP contribution in [0.1, 0.15) is 28.8 Å². The first-order chi connectivity index (χ1) is 9.41. The van der Waals surface area contributed by atoms with Gasteiger partial charge in [0.2, 0.25) is 0 Å². The van der Waals surface area contributed by atoms with Gasteiger partial charge in [0.25, 0.3) is 5.91 Å². The monoisotopic (exact) mass is 305 g/mol. The molecule has 2 nitrogen and oxygen atoms in total. The van der Waals surface area contributed by atoms with Gasteiger partial charge in [0.15, 0.2) is 0 Å². The molecule has 0 spiro atoms. The Kier molecular flexibility index (Phi) is 4.58. The molecular formula is C14H15ClF3NO. The highest BCUT2D eigenvalue weighted by Crippen LogP contribution is 2.33. The number of nitrogens with zero attached hydrogens (tertiary/aromatic N) is 1. The zero-order chi connectivity index (χ0) is 14.8. The summed E-state index contributed by atoms with van der Waals surface area (Å²) in [5.41, 5.74) is 1.17. The number of carbonyl (C=O) groups excluding carboxylic acids is 1. The predicted octanol–water partition coefficient (Wildman–Crippen LogP) is 3.84. The van der Waals surface area contributed by atoms with E-state index in [0.29, 0.717) is 18.5 Å². The van der Waals surface area contributed by atoms with Crippen molar-refractivity contribution in [1.29, 1.82) is 0 Å². The number of carbonyl (C=O) groups is 1. The Bertz CT molecular complexity index is 490. The van der Waals surface area contributed by atoms with Crippen molar-refractivity contribution in [3.05, 3.63) is 35.4 Å². The van der Waals surface area contributed by atoms with E-state index in [1.54, 1.807) is 24.3 Å². The maximum absolute atomic E-state index is 12.7. The van der Waals surface area contributed by atoms with Crippen LogP contribution in [0.3, 0.4) is 0 Å². The van der Waals surface area contributed by atoms with Crippen LogP contribution in [0.25, 0.3) is 0 Å². The fourth-order valence-corrected chi connectivity index (χ4v) is 2.57. The van der Waals surface area contributed by atoms with Gasteiger partial charge in [0.1, 0.15) is 0 Å². The highest BCUT2D eigenvalue weighted by atomic mass is 35.5. The van der Waals surface area contributed by atoms with Crippen molar-refractivity contribution in [1.82, 2.24) is 4.90 Å². The van der Waals surface area contributed by atoms with Gasteiger partial charge in [-0.25, -0.2) is 0 Å². The van der Waals surface area contributed by atoms with Crippen molar-refractivity contribution >= 4 is 17.5 Å². The second-order valence-corrected chi connectivity index (χ2v) is 5.23.